The molecule has 0 radical (unpaired) electrons. The molecule has 0 heterocycles. The lowest BCUT2D eigenvalue weighted by Gasteiger charge is -2.12. The first-order valence-corrected chi connectivity index (χ1v) is 18.7. The van der Waals surface area contributed by atoms with E-state index in [2.05, 4.69) is 0 Å². The lowest BCUT2D eigenvalue weighted by atomic mass is 10.3. The van der Waals surface area contributed by atoms with Gasteiger partial charge in [-0.2, -0.15) is 16.8 Å². The summed E-state index contributed by atoms with van der Waals surface area (Å²) >= 11 is 6.22. The molecule has 2 N–H and O–H groups in total. The highest BCUT2D eigenvalue weighted by atomic mass is 35.5. The fourth-order valence-corrected chi connectivity index (χ4v) is 4.46. The van der Waals surface area contributed by atoms with Crippen LogP contribution in [0.25, 0.3) is 0 Å². The van der Waals surface area contributed by atoms with Crippen molar-refractivity contribution >= 4 is 31.8 Å². The molecule has 0 amide bonds. The van der Waals surface area contributed by atoms with Gasteiger partial charge in [0.25, 0.3) is 20.2 Å². The summed E-state index contributed by atoms with van der Waals surface area (Å²) in [6.45, 7) is 6.31. The molecule has 1 aromatic rings. The van der Waals surface area contributed by atoms with Crippen LogP contribution >= 0.6 is 11.6 Å². The zero-order chi connectivity index (χ0) is 34.5. The molecule has 47 heavy (non-hydrogen) atoms. The van der Waals surface area contributed by atoms with Crippen molar-refractivity contribution in [3.63, 3.8) is 0 Å². The van der Waals surface area contributed by atoms with Crippen LogP contribution in [-0.4, -0.2) is 156 Å². The predicted molar refractivity (Wildman–Crippen MR) is 171 cm³/mol. The number of hydrogen-bond acceptors (Lipinski definition) is 14. The van der Waals surface area contributed by atoms with Crippen LogP contribution in [0, 0.1) is 0 Å². The maximum atomic E-state index is 10.6. The van der Waals surface area contributed by atoms with E-state index >= 15 is 0 Å². The number of benzene rings is 1. The highest BCUT2D eigenvalue weighted by Gasteiger charge is 2.06. The molecule has 1 rings (SSSR count). The van der Waals surface area contributed by atoms with E-state index in [0.717, 1.165) is 0 Å². The number of ether oxygens (including phenoxy) is 10. The first-order chi connectivity index (χ1) is 22.6. The molecule has 0 saturated carbocycles. The summed E-state index contributed by atoms with van der Waals surface area (Å²) in [4.78, 5) is 0. The monoisotopic (exact) mass is 740 g/mol. The topological polar surface area (TPSA) is 201 Å². The van der Waals surface area contributed by atoms with Crippen LogP contribution in [0.15, 0.2) is 18.2 Å². The van der Waals surface area contributed by atoms with Crippen molar-refractivity contribution in [3.05, 3.63) is 23.2 Å². The Bertz CT molecular complexity index is 1110. The first kappa shape index (κ1) is 43.6. The van der Waals surface area contributed by atoms with Crippen molar-refractivity contribution in [1.29, 1.82) is 0 Å². The molecule has 19 heteroatoms. The molecule has 0 aliphatic heterocycles. The van der Waals surface area contributed by atoms with Gasteiger partial charge in [-0.1, -0.05) is 11.6 Å². The van der Waals surface area contributed by atoms with Gasteiger partial charge in [-0.25, -0.2) is 0 Å². The molecule has 16 nitrogen and oxygen atoms in total. The van der Waals surface area contributed by atoms with Gasteiger partial charge in [0, 0.05) is 19.3 Å². The van der Waals surface area contributed by atoms with Gasteiger partial charge in [0.1, 0.15) is 24.7 Å². The Balaban J connectivity index is 1.91. The predicted octanol–water partition coefficient (Wildman–Crippen LogP) is 1.79. The summed E-state index contributed by atoms with van der Waals surface area (Å²) in [5, 5.41) is 0.449. The second kappa shape index (κ2) is 28.4. The summed E-state index contributed by atoms with van der Waals surface area (Å²) in [5.74, 6) is 0.420. The molecule has 0 saturated heterocycles. The van der Waals surface area contributed by atoms with E-state index in [1.54, 1.807) is 18.2 Å². The van der Waals surface area contributed by atoms with Crippen molar-refractivity contribution in [2.75, 3.05) is 130 Å². The maximum Gasteiger partial charge on any atom is 0.264 e. The van der Waals surface area contributed by atoms with Gasteiger partial charge >= 0.3 is 0 Å². The molecule has 0 aromatic heterocycles. The Hall–Kier alpha value is -1.39. The Labute approximate surface area is 282 Å². The number of halogens is 1. The van der Waals surface area contributed by atoms with Crippen LogP contribution in [0.1, 0.15) is 12.8 Å². The molecule has 0 aliphatic carbocycles. The second-order valence-corrected chi connectivity index (χ2v) is 13.0. The summed E-state index contributed by atoms with van der Waals surface area (Å²) in [5.41, 5.74) is 0. The third-order valence-electron chi connectivity index (χ3n) is 5.50. The third kappa shape index (κ3) is 30.4. The van der Waals surface area contributed by atoms with Gasteiger partial charge < -0.3 is 47.4 Å². The molecular formula is C28H49ClO16S2. The zero-order valence-electron chi connectivity index (χ0n) is 26.6. The van der Waals surface area contributed by atoms with E-state index in [1.807, 2.05) is 0 Å². The van der Waals surface area contributed by atoms with Crippen LogP contribution in [0.2, 0.25) is 5.02 Å². The molecule has 0 atom stereocenters. The highest BCUT2D eigenvalue weighted by molar-refractivity contribution is 7.86. The van der Waals surface area contributed by atoms with Gasteiger partial charge in [0.15, 0.2) is 0 Å². The fraction of sp³-hybridized carbons (Fsp3) is 0.786. The Morgan fingerprint density at radius 2 is 0.787 bits per heavy atom. The highest BCUT2D eigenvalue weighted by Crippen LogP contribution is 2.29. The van der Waals surface area contributed by atoms with Crippen LogP contribution in [0.5, 0.6) is 11.5 Å². The summed E-state index contributed by atoms with van der Waals surface area (Å²) in [6.07, 6.45) is 0.456. The molecule has 0 unspecified atom stereocenters. The normalized spacial score (nSPS) is 12.1. The molecule has 276 valence electrons. The lowest BCUT2D eigenvalue weighted by Crippen LogP contribution is -2.14. The Morgan fingerprint density at radius 1 is 0.468 bits per heavy atom. The van der Waals surface area contributed by atoms with Gasteiger partial charge in [0.05, 0.1) is 109 Å². The molecule has 0 fully saturated rings. The minimum absolute atomic E-state index is 0.227. The minimum atomic E-state index is -3.95. The van der Waals surface area contributed by atoms with E-state index in [9.17, 15) is 16.8 Å². The summed E-state index contributed by atoms with van der Waals surface area (Å²) in [6, 6.07) is 5.12. The van der Waals surface area contributed by atoms with Gasteiger partial charge in [-0.05, 0) is 25.0 Å². The van der Waals surface area contributed by atoms with E-state index in [-0.39, 0.29) is 44.2 Å². The minimum Gasteiger partial charge on any atom is -0.491 e. The SMILES string of the molecule is O=S(=O)(O)CCCOCCOCCOCCOCCOc1ccc(Cl)c(OCCOCCOCCOCCOCCCS(=O)(=O)O)c1. The molecule has 1 aromatic carbocycles. The van der Waals surface area contributed by atoms with Crippen molar-refractivity contribution in [1.82, 2.24) is 0 Å². The second-order valence-electron chi connectivity index (χ2n) is 9.47. The quantitative estimate of drug-likeness (QED) is 0.0764. The number of rotatable bonds is 34. The lowest BCUT2D eigenvalue weighted by molar-refractivity contribution is -0.00468. The smallest absolute Gasteiger partial charge is 0.264 e. The molecule has 0 spiro atoms. The van der Waals surface area contributed by atoms with Gasteiger partial charge in [-0.15, -0.1) is 0 Å². The third-order valence-corrected chi connectivity index (χ3v) is 7.42. The van der Waals surface area contributed by atoms with Crippen molar-refractivity contribution < 1.29 is 73.3 Å². The van der Waals surface area contributed by atoms with Gasteiger partial charge in [-0.3, -0.25) is 9.11 Å². The van der Waals surface area contributed by atoms with E-state index in [0.29, 0.717) is 116 Å². The number of hydrogen-bond donors (Lipinski definition) is 2. The summed E-state index contributed by atoms with van der Waals surface area (Å²) in [7, 11) is -7.89. The Morgan fingerprint density at radius 3 is 1.15 bits per heavy atom. The maximum absolute atomic E-state index is 10.6. The zero-order valence-corrected chi connectivity index (χ0v) is 29.0. The van der Waals surface area contributed by atoms with E-state index in [1.165, 1.54) is 0 Å². The average molecular weight is 741 g/mol. The van der Waals surface area contributed by atoms with Gasteiger partial charge in [0.2, 0.25) is 0 Å². The molecule has 0 aliphatic rings. The van der Waals surface area contributed by atoms with Crippen LogP contribution in [0.4, 0.5) is 0 Å². The Kier molecular flexibility index (Phi) is 26.4. The van der Waals surface area contributed by atoms with Crippen LogP contribution < -0.4 is 9.47 Å². The standard InChI is InChI=1S/C28H49ClO16S2/c29-27-4-3-26(44-21-19-42-17-15-40-13-11-38-9-7-36-5-1-23-46(30,31)32)25-28(27)45-22-20-43-18-16-41-14-12-39-10-8-37-6-2-24-47(33,34)35/h3-4,25H,1-2,5-24H2,(H,30,31,32)(H,33,34,35). The average Bonchev–Trinajstić information content (AvgIpc) is 3.00. The van der Waals surface area contributed by atoms with E-state index in [4.69, 9.17) is 68.1 Å². The summed E-state index contributed by atoms with van der Waals surface area (Å²) < 4.78 is 114. The van der Waals surface area contributed by atoms with E-state index < -0.39 is 20.2 Å². The molecular weight excluding hydrogens is 692 g/mol. The first-order valence-electron chi connectivity index (χ1n) is 15.1. The van der Waals surface area contributed by atoms with Crippen LogP contribution in [-0.2, 0) is 58.1 Å². The fourth-order valence-electron chi connectivity index (χ4n) is 3.32. The largest absolute Gasteiger partial charge is 0.491 e. The van der Waals surface area contributed by atoms with Crippen LogP contribution in [0.3, 0.4) is 0 Å². The van der Waals surface area contributed by atoms with Crippen molar-refractivity contribution in [2.24, 2.45) is 0 Å². The van der Waals surface area contributed by atoms with Crippen molar-refractivity contribution in [2.45, 2.75) is 12.8 Å². The molecule has 0 bridgehead atoms. The van der Waals surface area contributed by atoms with Crippen molar-refractivity contribution in [3.8, 4) is 11.5 Å².